The van der Waals surface area contributed by atoms with Crippen LogP contribution < -0.4 is 11.5 Å². The molecule has 0 aromatic carbocycles. The summed E-state index contributed by atoms with van der Waals surface area (Å²) in [6.07, 6.45) is 0. The van der Waals surface area contributed by atoms with Crippen LogP contribution >= 0.6 is 21.6 Å². The first-order valence-corrected chi connectivity index (χ1v) is 11.4. The Hall–Kier alpha value is -1.50. The first kappa shape index (κ1) is 28.5. The van der Waals surface area contributed by atoms with Gasteiger partial charge in [-0.3, -0.25) is 0 Å². The molecule has 0 heterocycles. The van der Waals surface area contributed by atoms with Gasteiger partial charge in [0.05, 0.1) is 14.2 Å². The van der Waals surface area contributed by atoms with E-state index in [9.17, 15) is 19.2 Å². The van der Waals surface area contributed by atoms with Crippen molar-refractivity contribution in [2.75, 3.05) is 25.7 Å². The van der Waals surface area contributed by atoms with E-state index in [1.165, 1.54) is 0 Å². The number of hydrogen-bond donors (Lipinski definition) is 2. The highest BCUT2D eigenvalue weighted by atomic mass is 33.1. The highest BCUT2D eigenvalue weighted by Gasteiger charge is 2.49. The Kier molecular flexibility index (Phi) is 10.2. The van der Waals surface area contributed by atoms with Gasteiger partial charge in [0.1, 0.15) is 11.2 Å². The van der Waals surface area contributed by atoms with E-state index in [0.717, 1.165) is 35.8 Å². The number of nitrogens with two attached hydrogens (primary N) is 2. The summed E-state index contributed by atoms with van der Waals surface area (Å²) in [7, 11) is 4.07. The van der Waals surface area contributed by atoms with Crippen molar-refractivity contribution in [3.8, 4) is 0 Å². The molecule has 0 saturated heterocycles. The van der Waals surface area contributed by atoms with Gasteiger partial charge in [0.2, 0.25) is 11.1 Å². The van der Waals surface area contributed by atoms with Gasteiger partial charge < -0.3 is 30.4 Å². The zero-order valence-electron chi connectivity index (χ0n) is 18.7. The summed E-state index contributed by atoms with van der Waals surface area (Å²) in [5.74, 6) is -4.41. The molecule has 0 fully saturated rings. The molecule has 2 atom stereocenters. The lowest BCUT2D eigenvalue weighted by atomic mass is 10.0. The Balaban J connectivity index is 5.32. The Morgan fingerprint density at radius 1 is 0.633 bits per heavy atom. The van der Waals surface area contributed by atoms with Gasteiger partial charge in [-0.25, -0.2) is 19.2 Å². The van der Waals surface area contributed by atoms with E-state index in [1.54, 1.807) is 41.5 Å². The van der Waals surface area contributed by atoms with E-state index in [0.29, 0.717) is 0 Å². The van der Waals surface area contributed by atoms with Gasteiger partial charge in [-0.15, -0.1) is 0 Å². The molecule has 12 heteroatoms. The fourth-order valence-electron chi connectivity index (χ4n) is 1.77. The average molecular weight is 469 g/mol. The lowest BCUT2D eigenvalue weighted by Crippen LogP contribution is -2.60. The second-order valence-electron chi connectivity index (χ2n) is 8.45. The minimum Gasteiger partial charge on any atom is -0.467 e. The van der Waals surface area contributed by atoms with E-state index in [2.05, 4.69) is 9.47 Å². The van der Waals surface area contributed by atoms with Crippen LogP contribution in [0.25, 0.3) is 0 Å². The number of esters is 4. The lowest BCUT2D eigenvalue weighted by molar-refractivity contribution is -0.170. The Morgan fingerprint density at radius 2 is 0.900 bits per heavy atom. The molecular weight excluding hydrogens is 436 g/mol. The molecule has 10 nitrogen and oxygen atoms in total. The quantitative estimate of drug-likeness (QED) is 0.161. The van der Waals surface area contributed by atoms with Gasteiger partial charge in [-0.2, -0.15) is 0 Å². The van der Waals surface area contributed by atoms with Crippen LogP contribution in [0.15, 0.2) is 0 Å². The Labute approximate surface area is 184 Å². The predicted molar refractivity (Wildman–Crippen MR) is 114 cm³/mol. The molecule has 0 radical (unpaired) electrons. The van der Waals surface area contributed by atoms with Crippen molar-refractivity contribution in [2.45, 2.75) is 63.8 Å². The molecule has 30 heavy (non-hydrogen) atoms. The van der Waals surface area contributed by atoms with Crippen molar-refractivity contribution < 1.29 is 38.1 Å². The molecule has 0 amide bonds. The average Bonchev–Trinajstić information content (AvgIpc) is 2.60. The molecule has 0 saturated carbocycles. The van der Waals surface area contributed by atoms with E-state index in [1.807, 2.05) is 0 Å². The van der Waals surface area contributed by atoms with Crippen LogP contribution in [0.1, 0.15) is 41.5 Å². The molecular formula is C18H32N2O8S2. The molecule has 174 valence electrons. The smallest absolute Gasteiger partial charge is 0.339 e. The van der Waals surface area contributed by atoms with Crippen LogP contribution in [-0.2, 0) is 38.1 Å². The molecule has 0 aliphatic rings. The second-order valence-corrected chi connectivity index (χ2v) is 10.9. The van der Waals surface area contributed by atoms with Crippen LogP contribution in [-0.4, -0.2) is 71.9 Å². The molecule has 4 N–H and O–H groups in total. The first-order valence-electron chi connectivity index (χ1n) is 8.89. The van der Waals surface area contributed by atoms with Gasteiger partial charge in [0, 0.05) is 11.5 Å². The monoisotopic (exact) mass is 468 g/mol. The van der Waals surface area contributed by atoms with E-state index >= 15 is 0 Å². The molecule has 0 spiro atoms. The van der Waals surface area contributed by atoms with Gasteiger partial charge in [-0.1, -0.05) is 21.6 Å². The zero-order chi connectivity index (χ0) is 24.0. The highest BCUT2D eigenvalue weighted by molar-refractivity contribution is 8.76. The van der Waals surface area contributed by atoms with Crippen molar-refractivity contribution in [1.82, 2.24) is 0 Å². The summed E-state index contributed by atoms with van der Waals surface area (Å²) in [6, 6.07) is 0. The number of carbonyl (C=O) groups excluding carboxylic acids is 4. The van der Waals surface area contributed by atoms with Gasteiger partial charge >= 0.3 is 23.9 Å². The van der Waals surface area contributed by atoms with Gasteiger partial charge in [0.15, 0.2) is 0 Å². The Morgan fingerprint density at radius 3 is 1.10 bits per heavy atom. The largest absolute Gasteiger partial charge is 0.467 e. The van der Waals surface area contributed by atoms with Crippen LogP contribution in [0.2, 0.25) is 0 Å². The standard InChI is InChI=1S/C18H32N2O8S2/c1-15(2,3)27-13(23)17(19,11(21)25-7)9-29-30-10-18(20,12(22)26-8)14(24)28-16(4,5)6/h9-10,19-20H2,1-8H3/t17-,18-/m1/s1. The summed E-state index contributed by atoms with van der Waals surface area (Å²) in [5, 5.41) is 0. The predicted octanol–water partition coefficient (Wildman–Crippen LogP) is 0.792. The fourth-order valence-corrected chi connectivity index (χ4v) is 4.40. The highest BCUT2D eigenvalue weighted by Crippen LogP contribution is 2.31. The summed E-state index contributed by atoms with van der Waals surface area (Å²) >= 11 is 0. The van der Waals surface area contributed by atoms with Crippen molar-refractivity contribution in [3.05, 3.63) is 0 Å². The maximum Gasteiger partial charge on any atom is 0.339 e. The summed E-state index contributed by atoms with van der Waals surface area (Å²) in [6.45, 7) is 9.78. The normalized spacial score (nSPS) is 15.9. The van der Waals surface area contributed by atoms with E-state index < -0.39 is 46.2 Å². The fraction of sp³-hybridized carbons (Fsp3) is 0.778. The van der Waals surface area contributed by atoms with Crippen LogP contribution in [0.4, 0.5) is 0 Å². The van der Waals surface area contributed by atoms with Gasteiger partial charge in [-0.05, 0) is 41.5 Å². The first-order chi connectivity index (χ1) is 13.4. The number of methoxy groups -OCH3 is 2. The van der Waals surface area contributed by atoms with Crippen molar-refractivity contribution in [2.24, 2.45) is 11.5 Å². The number of hydrogen-bond acceptors (Lipinski definition) is 12. The number of rotatable bonds is 9. The van der Waals surface area contributed by atoms with Crippen LogP contribution in [0, 0.1) is 0 Å². The molecule has 0 aliphatic carbocycles. The SMILES string of the molecule is COC(=O)[C@](N)(CSSC[C@@](N)(C(=O)OC)C(=O)OC(C)(C)C)C(=O)OC(C)(C)C. The summed E-state index contributed by atoms with van der Waals surface area (Å²) < 4.78 is 19.7. The third-order valence-corrected chi connectivity index (χ3v) is 5.80. The number of ether oxygens (including phenoxy) is 4. The van der Waals surface area contributed by atoms with E-state index in [-0.39, 0.29) is 11.5 Å². The van der Waals surface area contributed by atoms with Crippen molar-refractivity contribution in [1.29, 1.82) is 0 Å². The van der Waals surface area contributed by atoms with Crippen molar-refractivity contribution >= 4 is 45.5 Å². The minimum atomic E-state index is -2.09. The van der Waals surface area contributed by atoms with Crippen LogP contribution in [0.5, 0.6) is 0 Å². The third kappa shape index (κ3) is 8.32. The topological polar surface area (TPSA) is 157 Å². The molecule has 0 aromatic heterocycles. The lowest BCUT2D eigenvalue weighted by Gasteiger charge is -2.30. The maximum absolute atomic E-state index is 12.4. The molecule has 0 aromatic rings. The summed E-state index contributed by atoms with van der Waals surface area (Å²) in [5.41, 5.74) is 6.04. The van der Waals surface area contributed by atoms with Gasteiger partial charge in [0.25, 0.3) is 0 Å². The maximum atomic E-state index is 12.4. The van der Waals surface area contributed by atoms with Crippen LogP contribution in [0.3, 0.4) is 0 Å². The summed E-state index contributed by atoms with van der Waals surface area (Å²) in [4.78, 5) is 49.2. The second kappa shape index (κ2) is 10.7. The molecule has 0 aliphatic heterocycles. The molecule has 0 unspecified atom stereocenters. The number of carbonyl (C=O) groups is 4. The zero-order valence-corrected chi connectivity index (χ0v) is 20.3. The molecule has 0 bridgehead atoms. The third-order valence-electron chi connectivity index (χ3n) is 3.28. The minimum absolute atomic E-state index is 0.259. The Bertz CT molecular complexity index is 604. The van der Waals surface area contributed by atoms with Crippen molar-refractivity contribution in [3.63, 3.8) is 0 Å². The van der Waals surface area contributed by atoms with E-state index in [4.69, 9.17) is 20.9 Å². The molecule has 0 rings (SSSR count).